The van der Waals surface area contributed by atoms with Gasteiger partial charge in [-0.05, 0) is 43.3 Å². The number of benzene rings is 2. The lowest BCUT2D eigenvalue weighted by Crippen LogP contribution is -2.12. The van der Waals surface area contributed by atoms with Gasteiger partial charge in [-0.1, -0.05) is 29.5 Å². The molecule has 0 bridgehead atoms. The summed E-state index contributed by atoms with van der Waals surface area (Å²) in [7, 11) is 1.65. The quantitative estimate of drug-likeness (QED) is 0.786. The molecule has 1 amide bonds. The summed E-state index contributed by atoms with van der Waals surface area (Å²) >= 11 is 0.944. The number of nitrogens with one attached hydrogen (secondary N) is 1. The van der Waals surface area contributed by atoms with Crippen molar-refractivity contribution in [1.82, 2.24) is 4.57 Å². The number of nitrogens with zero attached hydrogens (tertiary/aromatic N) is 1. The predicted octanol–water partition coefficient (Wildman–Crippen LogP) is 3.80. The summed E-state index contributed by atoms with van der Waals surface area (Å²) in [4.78, 5) is 24.2. The van der Waals surface area contributed by atoms with Gasteiger partial charge in [-0.3, -0.25) is 9.59 Å². The number of hydrogen-bond donors (Lipinski definition) is 1. The number of ether oxygens (including phenoxy) is 1. The second-order valence-corrected chi connectivity index (χ2v) is 6.20. The number of carbonyl (C=O) groups excluding carboxylic acids is 1. The monoisotopic (exact) mass is 340 g/mol. The number of amides is 1. The second-order valence-electron chi connectivity index (χ2n) is 5.24. The van der Waals surface area contributed by atoms with Gasteiger partial charge in [0.25, 0.3) is 5.91 Å². The Morgan fingerprint density at radius 1 is 1.04 bits per heavy atom. The van der Waals surface area contributed by atoms with Crippen LogP contribution in [-0.2, 0) is 7.05 Å². The number of carbonyl (C=O) groups is 1. The van der Waals surface area contributed by atoms with Gasteiger partial charge in [0.15, 0.2) is 0 Å². The first-order valence-electron chi connectivity index (χ1n) is 7.35. The van der Waals surface area contributed by atoms with E-state index in [9.17, 15) is 9.59 Å². The lowest BCUT2D eigenvalue weighted by molar-refractivity contribution is 0.102. The number of rotatable bonds is 4. The zero-order valence-electron chi connectivity index (χ0n) is 13.3. The zero-order chi connectivity index (χ0) is 17.1. The van der Waals surface area contributed by atoms with Crippen LogP contribution in [0.5, 0.6) is 11.5 Å². The van der Waals surface area contributed by atoms with E-state index < -0.39 is 0 Å². The van der Waals surface area contributed by atoms with Gasteiger partial charge in [-0.15, -0.1) is 0 Å². The van der Waals surface area contributed by atoms with E-state index in [1.54, 1.807) is 38.2 Å². The van der Waals surface area contributed by atoms with Crippen molar-refractivity contribution in [3.63, 3.8) is 0 Å². The summed E-state index contributed by atoms with van der Waals surface area (Å²) < 4.78 is 7.17. The van der Waals surface area contributed by atoms with Crippen LogP contribution in [0.15, 0.2) is 59.4 Å². The summed E-state index contributed by atoms with van der Waals surface area (Å²) in [5, 5.41) is 2.79. The standard InChI is InChI=1S/C18H16N2O3S/c1-12-16(24-18(22)20(12)2)17(21)19-13-8-10-15(11-9-13)23-14-6-4-3-5-7-14/h3-11H,1-2H3,(H,19,21). The minimum Gasteiger partial charge on any atom is -0.457 e. The largest absolute Gasteiger partial charge is 0.457 e. The summed E-state index contributed by atoms with van der Waals surface area (Å²) in [6, 6.07) is 16.5. The molecule has 2 aromatic carbocycles. The van der Waals surface area contributed by atoms with E-state index in [2.05, 4.69) is 5.32 Å². The molecule has 5 nitrogen and oxygen atoms in total. The van der Waals surface area contributed by atoms with Gasteiger partial charge in [-0.2, -0.15) is 0 Å². The molecule has 24 heavy (non-hydrogen) atoms. The van der Waals surface area contributed by atoms with Crippen molar-refractivity contribution in [1.29, 1.82) is 0 Å². The van der Waals surface area contributed by atoms with Crippen molar-refractivity contribution in [3.8, 4) is 11.5 Å². The maximum atomic E-state index is 12.3. The van der Waals surface area contributed by atoms with E-state index in [0.717, 1.165) is 17.1 Å². The average molecular weight is 340 g/mol. The van der Waals surface area contributed by atoms with Crippen molar-refractivity contribution >= 4 is 22.9 Å². The number of hydrogen-bond acceptors (Lipinski definition) is 4. The number of anilines is 1. The van der Waals surface area contributed by atoms with Gasteiger partial charge in [0.05, 0.1) is 0 Å². The third kappa shape index (κ3) is 3.38. The molecule has 0 saturated heterocycles. The minimum absolute atomic E-state index is 0.149. The van der Waals surface area contributed by atoms with Gasteiger partial charge < -0.3 is 14.6 Å². The SMILES string of the molecule is Cc1c(C(=O)Nc2ccc(Oc3ccccc3)cc2)sc(=O)n1C. The van der Waals surface area contributed by atoms with E-state index >= 15 is 0 Å². The maximum Gasteiger partial charge on any atom is 0.307 e. The van der Waals surface area contributed by atoms with Crippen LogP contribution in [-0.4, -0.2) is 10.5 Å². The summed E-state index contributed by atoms with van der Waals surface area (Å²) in [5.41, 5.74) is 1.30. The zero-order valence-corrected chi connectivity index (χ0v) is 14.1. The van der Waals surface area contributed by atoms with E-state index in [0.29, 0.717) is 22.0 Å². The van der Waals surface area contributed by atoms with Crippen LogP contribution in [0.25, 0.3) is 0 Å². The van der Waals surface area contributed by atoms with Gasteiger partial charge in [0.1, 0.15) is 16.4 Å². The molecule has 1 N–H and O–H groups in total. The van der Waals surface area contributed by atoms with E-state index in [-0.39, 0.29) is 10.8 Å². The van der Waals surface area contributed by atoms with Gasteiger partial charge in [-0.25, -0.2) is 0 Å². The number of aromatic nitrogens is 1. The fourth-order valence-electron chi connectivity index (χ4n) is 2.15. The molecule has 0 fully saturated rings. The molecule has 6 heteroatoms. The number of para-hydroxylation sites is 1. The first-order chi connectivity index (χ1) is 11.5. The van der Waals surface area contributed by atoms with Crippen LogP contribution < -0.4 is 14.9 Å². The van der Waals surface area contributed by atoms with Crippen LogP contribution in [0.3, 0.4) is 0 Å². The fourth-order valence-corrected chi connectivity index (χ4v) is 3.03. The first-order valence-corrected chi connectivity index (χ1v) is 8.17. The van der Waals surface area contributed by atoms with Gasteiger partial charge in [0, 0.05) is 18.4 Å². The highest BCUT2D eigenvalue weighted by molar-refractivity contribution is 7.11. The van der Waals surface area contributed by atoms with Crippen LogP contribution >= 0.6 is 11.3 Å². The molecule has 1 heterocycles. The molecule has 0 aliphatic heterocycles. The topological polar surface area (TPSA) is 60.3 Å². The van der Waals surface area contributed by atoms with Gasteiger partial charge in [0.2, 0.25) is 0 Å². The Labute approximate surface area is 143 Å². The molecular weight excluding hydrogens is 324 g/mol. The molecule has 122 valence electrons. The highest BCUT2D eigenvalue weighted by Crippen LogP contribution is 2.23. The molecule has 0 aliphatic carbocycles. The normalized spacial score (nSPS) is 10.4. The fraction of sp³-hybridized carbons (Fsp3) is 0.111. The smallest absolute Gasteiger partial charge is 0.307 e. The molecule has 1 aromatic heterocycles. The second kappa shape index (κ2) is 6.72. The lowest BCUT2D eigenvalue weighted by Gasteiger charge is -2.08. The molecule has 3 rings (SSSR count). The maximum absolute atomic E-state index is 12.3. The molecule has 0 atom stereocenters. The third-order valence-corrected chi connectivity index (χ3v) is 4.73. The Balaban J connectivity index is 1.71. The van der Waals surface area contributed by atoms with Crippen molar-refractivity contribution < 1.29 is 9.53 Å². The molecule has 0 aliphatic rings. The first kappa shape index (κ1) is 16.0. The van der Waals surface area contributed by atoms with Crippen molar-refractivity contribution in [2.24, 2.45) is 7.05 Å². The minimum atomic E-state index is -0.285. The summed E-state index contributed by atoms with van der Waals surface area (Å²) in [5.74, 6) is 1.14. The van der Waals surface area contributed by atoms with Crippen LogP contribution in [0.1, 0.15) is 15.4 Å². The molecule has 0 saturated carbocycles. The van der Waals surface area contributed by atoms with Gasteiger partial charge >= 0.3 is 4.87 Å². The van der Waals surface area contributed by atoms with Crippen molar-refractivity contribution in [2.75, 3.05) is 5.32 Å². The third-order valence-electron chi connectivity index (χ3n) is 3.59. The summed E-state index contributed by atoms with van der Waals surface area (Å²) in [6.07, 6.45) is 0. The molecule has 3 aromatic rings. The average Bonchev–Trinajstić information content (AvgIpc) is 2.85. The lowest BCUT2D eigenvalue weighted by atomic mass is 10.3. The number of thiazole rings is 1. The van der Waals surface area contributed by atoms with E-state index in [1.807, 2.05) is 30.3 Å². The Bertz CT molecular complexity index is 912. The Kier molecular flexibility index (Phi) is 4.48. The molecular formula is C18H16N2O3S. The van der Waals surface area contributed by atoms with E-state index in [1.165, 1.54) is 4.57 Å². The van der Waals surface area contributed by atoms with Crippen LogP contribution in [0.2, 0.25) is 0 Å². The van der Waals surface area contributed by atoms with E-state index in [4.69, 9.17) is 4.74 Å². The highest BCUT2D eigenvalue weighted by atomic mass is 32.1. The molecule has 0 radical (unpaired) electrons. The molecule has 0 unspecified atom stereocenters. The van der Waals surface area contributed by atoms with Crippen molar-refractivity contribution in [2.45, 2.75) is 6.92 Å². The Morgan fingerprint density at radius 2 is 1.67 bits per heavy atom. The van der Waals surface area contributed by atoms with Crippen LogP contribution in [0.4, 0.5) is 5.69 Å². The Hall–Kier alpha value is -2.86. The van der Waals surface area contributed by atoms with Crippen molar-refractivity contribution in [3.05, 3.63) is 74.8 Å². The summed E-state index contributed by atoms with van der Waals surface area (Å²) in [6.45, 7) is 1.75. The molecule has 0 spiro atoms. The highest BCUT2D eigenvalue weighted by Gasteiger charge is 2.15. The van der Waals surface area contributed by atoms with Crippen LogP contribution in [0, 0.1) is 6.92 Å². The Morgan fingerprint density at radius 3 is 2.25 bits per heavy atom. The predicted molar refractivity (Wildman–Crippen MR) is 95.2 cm³/mol.